The first-order valence-corrected chi connectivity index (χ1v) is 21.0. The van der Waals surface area contributed by atoms with Crippen molar-refractivity contribution in [2.75, 3.05) is 27.2 Å². The van der Waals surface area contributed by atoms with Crippen molar-refractivity contribution in [1.29, 1.82) is 0 Å². The van der Waals surface area contributed by atoms with E-state index in [4.69, 9.17) is 23.2 Å². The fourth-order valence-corrected chi connectivity index (χ4v) is 8.09. The second kappa shape index (κ2) is 20.1. The molecule has 0 radical (unpaired) electrons. The largest absolute Gasteiger partial charge is 0.403 e. The lowest BCUT2D eigenvalue weighted by Crippen LogP contribution is -2.60. The fraction of sp³-hybridized carbons (Fsp3) is 0.675. The number of hydrogen-bond acceptors (Lipinski definition) is 7. The number of likely N-dealkylation sites (tertiary alicyclic amines) is 1. The molecule has 4 N–H and O–H groups in total. The number of nitrogens with one attached hydrogen (secondary N) is 4. The molecule has 3 aliphatic rings. The maximum absolute atomic E-state index is 14.6. The van der Waals surface area contributed by atoms with Gasteiger partial charge >= 0.3 is 6.18 Å². The highest BCUT2D eigenvalue weighted by molar-refractivity contribution is 6.33. The predicted molar refractivity (Wildman–Crippen MR) is 214 cm³/mol. The maximum Gasteiger partial charge on any atom is 0.403 e. The summed E-state index contributed by atoms with van der Waals surface area (Å²) < 4.78 is 55.9. The molecule has 3 fully saturated rings. The number of hydrogen-bond donors (Lipinski definition) is 4. The molecule has 60 heavy (non-hydrogen) atoms. The first kappa shape index (κ1) is 48.5. The highest BCUT2D eigenvalue weighted by Gasteiger charge is 2.70. The minimum absolute atomic E-state index is 0.0425. The predicted octanol–water partition coefficient (Wildman–Crippen LogP) is 3.70. The Hall–Kier alpha value is -4.19. The highest BCUT2D eigenvalue weighted by Crippen LogP contribution is 2.59. The molecule has 0 unspecified atom stereocenters. The van der Waals surface area contributed by atoms with Gasteiger partial charge in [0.25, 0.3) is 0 Å². The van der Waals surface area contributed by atoms with Crippen molar-refractivity contribution in [3.63, 3.8) is 0 Å². The van der Waals surface area contributed by atoms with Gasteiger partial charge < -0.3 is 36.0 Å². The summed E-state index contributed by atoms with van der Waals surface area (Å²) in [6.45, 7) is 6.11. The zero-order valence-electron chi connectivity index (χ0n) is 34.6. The Morgan fingerprint density at radius 1 is 1.00 bits per heavy atom. The van der Waals surface area contributed by atoms with E-state index in [2.05, 4.69) is 21.3 Å². The van der Waals surface area contributed by atoms with Gasteiger partial charge in [0, 0.05) is 43.5 Å². The first-order chi connectivity index (χ1) is 28.0. The Morgan fingerprint density at radius 2 is 1.65 bits per heavy atom. The van der Waals surface area contributed by atoms with Gasteiger partial charge in [-0.25, -0.2) is 4.39 Å². The van der Waals surface area contributed by atoms with Gasteiger partial charge in [-0.15, -0.1) is 0 Å². The molecule has 1 aromatic carbocycles. The maximum atomic E-state index is 14.6. The summed E-state index contributed by atoms with van der Waals surface area (Å²) >= 11 is 12.7. The molecule has 0 aromatic heterocycles. The summed E-state index contributed by atoms with van der Waals surface area (Å²) in [6.07, 6.45) is -7.21. The molecule has 334 valence electrons. The Balaban J connectivity index is 1.59. The van der Waals surface area contributed by atoms with Crippen molar-refractivity contribution in [1.82, 2.24) is 36.0 Å². The van der Waals surface area contributed by atoms with Gasteiger partial charge in [-0.3, -0.25) is 33.6 Å². The minimum Gasteiger partial charge on any atom is -0.354 e. The van der Waals surface area contributed by atoms with Crippen molar-refractivity contribution >= 4 is 64.6 Å². The third-order valence-electron chi connectivity index (χ3n) is 11.5. The summed E-state index contributed by atoms with van der Waals surface area (Å²) in [7, 11) is 2.70. The van der Waals surface area contributed by atoms with E-state index < -0.39 is 121 Å². The monoisotopic (exact) mass is 891 g/mol. The Labute approximate surface area is 357 Å². The zero-order valence-corrected chi connectivity index (χ0v) is 36.1. The number of nitrogens with zero attached hydrogens (tertiary/aromatic N) is 3. The van der Waals surface area contributed by atoms with Crippen LogP contribution in [0.25, 0.3) is 0 Å². The lowest BCUT2D eigenvalue weighted by molar-refractivity contribution is -0.199. The van der Waals surface area contributed by atoms with E-state index in [1.54, 1.807) is 25.1 Å². The summed E-state index contributed by atoms with van der Waals surface area (Å²) in [5.74, 6) is -5.84. The molecule has 1 aliphatic carbocycles. The Bertz CT molecular complexity index is 1800. The van der Waals surface area contributed by atoms with Crippen LogP contribution in [0, 0.1) is 11.3 Å². The number of carbonyl (C=O) groups is 7. The summed E-state index contributed by atoms with van der Waals surface area (Å²) in [6, 6.07) is -2.90. The van der Waals surface area contributed by atoms with Crippen molar-refractivity contribution in [3.05, 3.63) is 33.8 Å². The second-order valence-electron chi connectivity index (χ2n) is 16.4. The van der Waals surface area contributed by atoms with Gasteiger partial charge in [0.2, 0.25) is 41.4 Å². The molecule has 2 aliphatic heterocycles. The molecular formula is C40H55Cl2F4N7O7. The minimum atomic E-state index is -4.88. The van der Waals surface area contributed by atoms with Gasteiger partial charge in [-0.2, -0.15) is 13.2 Å². The summed E-state index contributed by atoms with van der Waals surface area (Å²) in [5.41, 5.74) is -2.22. The van der Waals surface area contributed by atoms with E-state index in [-0.39, 0.29) is 43.2 Å². The van der Waals surface area contributed by atoms with Crippen LogP contribution in [0.15, 0.2) is 18.2 Å². The summed E-state index contributed by atoms with van der Waals surface area (Å²) in [4.78, 5) is 99.0. The SMILES string of the molecule is CC[C@H]1NC(=O)[C@H](Cc2cc(Cl)ccc2Cl)N(C)C(=O)[C@H](CC(C)C)NC(=O)[C@@H](N(C)C(=O)[C@H](C)NC(=O)[C@@H]2C[C@@H](F)CN2C(=O)C2(C(F)(F)F)CC2)CCCCNC1=O. The molecular weight excluding hydrogens is 837 g/mol. The van der Waals surface area contributed by atoms with E-state index in [0.29, 0.717) is 28.3 Å². The van der Waals surface area contributed by atoms with Gasteiger partial charge in [0.1, 0.15) is 47.8 Å². The molecule has 7 amide bonds. The van der Waals surface area contributed by atoms with Crippen LogP contribution >= 0.6 is 23.2 Å². The third kappa shape index (κ3) is 11.4. The van der Waals surface area contributed by atoms with Crippen molar-refractivity contribution < 1.29 is 51.1 Å². The van der Waals surface area contributed by atoms with E-state index >= 15 is 0 Å². The smallest absolute Gasteiger partial charge is 0.354 e. The van der Waals surface area contributed by atoms with Gasteiger partial charge in [0.15, 0.2) is 0 Å². The van der Waals surface area contributed by atoms with Crippen LogP contribution in [0.3, 0.4) is 0 Å². The Morgan fingerprint density at radius 3 is 2.25 bits per heavy atom. The number of carbonyl (C=O) groups excluding carboxylic acids is 7. The molecule has 14 nitrogen and oxygen atoms in total. The number of halogens is 6. The normalized spacial score (nSPS) is 26.2. The molecule has 0 bridgehead atoms. The fourth-order valence-electron chi connectivity index (χ4n) is 7.70. The molecule has 20 heteroatoms. The van der Waals surface area contributed by atoms with Crippen LogP contribution in [0.1, 0.15) is 84.6 Å². The number of amides is 7. The molecule has 2 heterocycles. The second-order valence-corrected chi connectivity index (χ2v) is 17.3. The molecule has 0 spiro atoms. The van der Waals surface area contributed by atoms with Crippen molar-refractivity contribution in [2.45, 2.75) is 134 Å². The van der Waals surface area contributed by atoms with Crippen molar-refractivity contribution in [2.24, 2.45) is 11.3 Å². The van der Waals surface area contributed by atoms with Crippen LogP contribution in [0.5, 0.6) is 0 Å². The van der Waals surface area contributed by atoms with E-state index in [1.165, 1.54) is 25.9 Å². The molecule has 2 saturated heterocycles. The van der Waals surface area contributed by atoms with Gasteiger partial charge in [-0.1, -0.05) is 44.0 Å². The molecule has 4 rings (SSSR count). The van der Waals surface area contributed by atoms with Crippen LogP contribution in [-0.2, 0) is 40.0 Å². The molecule has 1 saturated carbocycles. The van der Waals surface area contributed by atoms with Crippen LogP contribution < -0.4 is 21.3 Å². The van der Waals surface area contributed by atoms with Gasteiger partial charge in [0.05, 0.1) is 6.54 Å². The van der Waals surface area contributed by atoms with E-state index in [0.717, 1.165) is 4.90 Å². The van der Waals surface area contributed by atoms with Crippen LogP contribution in [-0.4, -0.2) is 132 Å². The number of benzene rings is 1. The van der Waals surface area contributed by atoms with Crippen LogP contribution in [0.4, 0.5) is 17.6 Å². The van der Waals surface area contributed by atoms with E-state index in [9.17, 15) is 51.1 Å². The van der Waals surface area contributed by atoms with Crippen LogP contribution in [0.2, 0.25) is 10.0 Å². The van der Waals surface area contributed by atoms with E-state index in [1.807, 2.05) is 13.8 Å². The number of rotatable bonds is 10. The first-order valence-electron chi connectivity index (χ1n) is 20.2. The highest BCUT2D eigenvalue weighted by atomic mass is 35.5. The number of alkyl halides is 4. The molecule has 7 atom stereocenters. The average Bonchev–Trinajstić information content (AvgIpc) is 3.92. The topological polar surface area (TPSA) is 177 Å². The zero-order chi connectivity index (χ0) is 44.9. The summed E-state index contributed by atoms with van der Waals surface area (Å²) in [5, 5.41) is 11.3. The number of likely N-dealkylation sites (N-methyl/N-ethyl adjacent to an activating group) is 2. The van der Waals surface area contributed by atoms with Crippen molar-refractivity contribution in [3.8, 4) is 0 Å². The van der Waals surface area contributed by atoms with Gasteiger partial charge in [-0.05, 0) is 81.5 Å². The Kier molecular flexibility index (Phi) is 16.3. The standard InChI is InChI=1S/C40H55Cl2F4N7O7/c1-7-27-32(54)47-15-9-8-10-29(51(5)36(58)22(4)48-35(57)31-19-25(43)20-53(31)38(60)39(13-14-39)40(44,45)46)33(55)50-28(16-21(2)3)37(59)52(6)30(34(56)49-27)18-23-17-24(41)11-12-26(23)42/h11-12,17,21-22,25,27-31H,7-10,13-16,18-20H2,1-6H3,(H,47,54)(H,48,57)(H,49,56)(H,50,55)/t22-,25+,27+,28-,29-,30-,31-/m0/s1. The average molecular weight is 893 g/mol. The quantitative estimate of drug-likeness (QED) is 0.259. The third-order valence-corrected chi connectivity index (χ3v) is 12.1. The lowest BCUT2D eigenvalue weighted by atomic mass is 9.98. The lowest BCUT2D eigenvalue weighted by Gasteiger charge is -2.35. The molecule has 1 aromatic rings.